The lowest BCUT2D eigenvalue weighted by Crippen LogP contribution is -2.24. The molecule has 0 saturated heterocycles. The molecule has 0 atom stereocenters. The number of rotatable bonds is 10. The molecule has 3 aromatic carbocycles. The lowest BCUT2D eigenvalue weighted by molar-refractivity contribution is -0.118. The van der Waals surface area contributed by atoms with Gasteiger partial charge in [0.2, 0.25) is 0 Å². The normalized spacial score (nSPS) is 12.8. The van der Waals surface area contributed by atoms with Gasteiger partial charge in [-0.15, -0.1) is 11.3 Å². The first kappa shape index (κ1) is 29.7. The van der Waals surface area contributed by atoms with Crippen molar-refractivity contribution in [2.45, 2.75) is 44.4 Å². The Kier molecular flexibility index (Phi) is 9.09. The molecule has 1 N–H and O–H groups in total. The molecule has 44 heavy (non-hydrogen) atoms. The smallest absolute Gasteiger partial charge is 0.267 e. The molecule has 0 spiro atoms. The van der Waals surface area contributed by atoms with Gasteiger partial charge in [-0.2, -0.15) is 5.10 Å². The van der Waals surface area contributed by atoms with Crippen LogP contribution in [0.25, 0.3) is 15.9 Å². The number of carbonyl (C=O) groups is 1. The van der Waals surface area contributed by atoms with Crippen molar-refractivity contribution in [2.75, 3.05) is 12.9 Å². The summed E-state index contributed by atoms with van der Waals surface area (Å²) in [7, 11) is 1.59. The highest BCUT2D eigenvalue weighted by Crippen LogP contribution is 2.35. The van der Waals surface area contributed by atoms with E-state index in [1.165, 1.54) is 16.6 Å². The summed E-state index contributed by atoms with van der Waals surface area (Å²) >= 11 is 2.83. The fraction of sp³-hybridized carbons (Fsp3) is 0.235. The van der Waals surface area contributed by atoms with E-state index in [0.717, 1.165) is 63.8 Å². The predicted octanol–water partition coefficient (Wildman–Crippen LogP) is 6.46. The molecule has 6 rings (SSSR count). The summed E-state index contributed by atoms with van der Waals surface area (Å²) in [5.41, 5.74) is 7.27. The van der Waals surface area contributed by atoms with Gasteiger partial charge >= 0.3 is 0 Å². The van der Waals surface area contributed by atoms with Crippen molar-refractivity contribution in [1.82, 2.24) is 15.0 Å². The molecule has 5 aromatic rings. The van der Waals surface area contributed by atoms with Gasteiger partial charge in [-0.3, -0.25) is 14.2 Å². The number of benzene rings is 3. The first-order chi connectivity index (χ1) is 21.5. The van der Waals surface area contributed by atoms with Crippen LogP contribution in [-0.2, 0) is 24.2 Å². The Morgan fingerprint density at radius 3 is 2.66 bits per heavy atom. The molecule has 10 heteroatoms. The minimum absolute atomic E-state index is 0.0420. The second kappa shape index (κ2) is 13.5. The molecule has 0 bridgehead atoms. The summed E-state index contributed by atoms with van der Waals surface area (Å²) < 4.78 is 13.1. The number of hydrogen-bond acceptors (Lipinski definition) is 8. The Bertz CT molecular complexity index is 1880. The maximum Gasteiger partial charge on any atom is 0.267 e. The number of aromatic nitrogens is 2. The summed E-state index contributed by atoms with van der Waals surface area (Å²) in [6.45, 7) is 2.40. The van der Waals surface area contributed by atoms with Gasteiger partial charge in [0, 0.05) is 4.88 Å². The second-order valence-electron chi connectivity index (χ2n) is 10.5. The van der Waals surface area contributed by atoms with Crippen LogP contribution in [0.15, 0.2) is 87.8 Å². The molecular formula is C34H32N4O4S2. The van der Waals surface area contributed by atoms with Crippen molar-refractivity contribution in [3.8, 4) is 17.2 Å². The number of carbonyl (C=O) groups excluding carboxylic acids is 1. The van der Waals surface area contributed by atoms with Crippen molar-refractivity contribution in [1.29, 1.82) is 0 Å². The van der Waals surface area contributed by atoms with Gasteiger partial charge in [0.15, 0.2) is 16.7 Å². The van der Waals surface area contributed by atoms with Gasteiger partial charge in [-0.25, -0.2) is 10.4 Å². The van der Waals surface area contributed by atoms with Crippen LogP contribution in [0.1, 0.15) is 40.0 Å². The first-order valence-electron chi connectivity index (χ1n) is 14.4. The Morgan fingerprint density at radius 1 is 1.07 bits per heavy atom. The van der Waals surface area contributed by atoms with E-state index in [-0.39, 0.29) is 17.2 Å². The highest BCUT2D eigenvalue weighted by molar-refractivity contribution is 7.99. The molecule has 0 unspecified atom stereocenters. The summed E-state index contributed by atoms with van der Waals surface area (Å²) in [6.07, 6.45) is 5.66. The van der Waals surface area contributed by atoms with E-state index in [4.69, 9.17) is 14.5 Å². The van der Waals surface area contributed by atoms with Crippen molar-refractivity contribution in [2.24, 2.45) is 5.10 Å². The number of nitrogens with one attached hydrogen (secondary N) is 1. The zero-order valence-electron chi connectivity index (χ0n) is 24.5. The fourth-order valence-corrected chi connectivity index (χ4v) is 7.28. The molecule has 2 heterocycles. The van der Waals surface area contributed by atoms with Crippen LogP contribution in [0, 0.1) is 6.92 Å². The third-order valence-corrected chi connectivity index (χ3v) is 9.53. The molecule has 0 saturated carbocycles. The standard InChI is InChI=1S/C34H32N4O4S2/c1-22-12-15-25(16-13-22)38-33(40)31-26-10-6-7-11-29(26)44-32(31)36-34(38)43-21-30(39)37-35-19-24-14-17-27(41-2)28(18-24)42-20-23-8-4-3-5-9-23/h3-5,8-9,12-19H,6-7,10-11,20-21H2,1-2H3,(H,37,39). The Hall–Kier alpha value is -4.41. The number of thioether (sulfide) groups is 1. The summed E-state index contributed by atoms with van der Waals surface area (Å²) in [6, 6.07) is 23.1. The van der Waals surface area contributed by atoms with E-state index in [1.807, 2.05) is 73.7 Å². The predicted molar refractivity (Wildman–Crippen MR) is 177 cm³/mol. The number of hydrogen-bond donors (Lipinski definition) is 1. The number of fused-ring (bicyclic) bond motifs is 3. The maximum absolute atomic E-state index is 13.9. The SMILES string of the molecule is COc1ccc(C=NNC(=O)CSc2nc3sc4c(c3c(=O)n2-c2ccc(C)cc2)CCCC4)cc1OCc1ccccc1. The second-order valence-corrected chi connectivity index (χ2v) is 12.6. The Balaban J connectivity index is 1.17. The van der Waals surface area contributed by atoms with E-state index >= 15 is 0 Å². The van der Waals surface area contributed by atoms with Gasteiger partial charge in [0.1, 0.15) is 11.4 Å². The van der Waals surface area contributed by atoms with Crippen molar-refractivity contribution in [3.05, 3.63) is 110 Å². The molecule has 0 radical (unpaired) electrons. The fourth-order valence-electron chi connectivity index (χ4n) is 5.17. The van der Waals surface area contributed by atoms with Crippen LogP contribution in [0.4, 0.5) is 0 Å². The highest BCUT2D eigenvalue weighted by atomic mass is 32.2. The number of ether oxygens (including phenoxy) is 2. The summed E-state index contributed by atoms with van der Waals surface area (Å²) in [5.74, 6) is 0.915. The lowest BCUT2D eigenvalue weighted by atomic mass is 9.97. The van der Waals surface area contributed by atoms with E-state index < -0.39 is 0 Å². The van der Waals surface area contributed by atoms with Crippen molar-refractivity contribution < 1.29 is 14.3 Å². The average molecular weight is 625 g/mol. The zero-order chi connectivity index (χ0) is 30.5. The van der Waals surface area contributed by atoms with E-state index in [2.05, 4.69) is 10.5 Å². The van der Waals surface area contributed by atoms with E-state index in [9.17, 15) is 9.59 Å². The molecular weight excluding hydrogens is 593 g/mol. The van der Waals surface area contributed by atoms with Gasteiger partial charge < -0.3 is 9.47 Å². The van der Waals surface area contributed by atoms with Gasteiger partial charge in [-0.05, 0) is 79.6 Å². The topological polar surface area (TPSA) is 94.8 Å². The summed E-state index contributed by atoms with van der Waals surface area (Å²) in [5, 5.41) is 5.35. The molecule has 0 fully saturated rings. The molecule has 1 aliphatic carbocycles. The first-order valence-corrected chi connectivity index (χ1v) is 16.2. The number of hydrazone groups is 1. The largest absolute Gasteiger partial charge is 0.493 e. The lowest BCUT2D eigenvalue weighted by Gasteiger charge is -2.13. The van der Waals surface area contributed by atoms with Crippen LogP contribution in [0.3, 0.4) is 0 Å². The van der Waals surface area contributed by atoms with Crippen LogP contribution >= 0.6 is 23.1 Å². The van der Waals surface area contributed by atoms with Gasteiger partial charge in [0.25, 0.3) is 11.5 Å². The number of nitrogens with zero attached hydrogens (tertiary/aromatic N) is 3. The number of aryl methyl sites for hydroxylation is 3. The van der Waals surface area contributed by atoms with Crippen molar-refractivity contribution >= 4 is 45.4 Å². The number of amides is 1. The van der Waals surface area contributed by atoms with Crippen LogP contribution in [-0.4, -0.2) is 34.5 Å². The van der Waals surface area contributed by atoms with Gasteiger partial charge in [0.05, 0.1) is 30.2 Å². The highest BCUT2D eigenvalue weighted by Gasteiger charge is 2.23. The Labute approximate surface area is 263 Å². The molecule has 224 valence electrons. The molecule has 1 amide bonds. The van der Waals surface area contributed by atoms with Crippen molar-refractivity contribution in [3.63, 3.8) is 0 Å². The molecule has 1 aliphatic rings. The van der Waals surface area contributed by atoms with Gasteiger partial charge in [-0.1, -0.05) is 59.8 Å². The van der Waals surface area contributed by atoms with Crippen LogP contribution in [0.2, 0.25) is 0 Å². The van der Waals surface area contributed by atoms with E-state index in [1.54, 1.807) is 35.3 Å². The minimum atomic E-state index is -0.310. The maximum atomic E-state index is 13.9. The minimum Gasteiger partial charge on any atom is -0.493 e. The summed E-state index contributed by atoms with van der Waals surface area (Å²) in [4.78, 5) is 33.7. The Morgan fingerprint density at radius 2 is 1.86 bits per heavy atom. The number of thiophene rings is 1. The molecule has 2 aromatic heterocycles. The quantitative estimate of drug-likeness (QED) is 0.0829. The van der Waals surface area contributed by atoms with E-state index in [0.29, 0.717) is 23.3 Å². The average Bonchev–Trinajstić information content (AvgIpc) is 3.43. The van der Waals surface area contributed by atoms with Crippen LogP contribution in [0.5, 0.6) is 11.5 Å². The third-order valence-electron chi connectivity index (χ3n) is 7.41. The third kappa shape index (κ3) is 6.56. The van der Waals surface area contributed by atoms with Crippen LogP contribution < -0.4 is 20.5 Å². The monoisotopic (exact) mass is 624 g/mol. The number of methoxy groups -OCH3 is 1. The zero-order valence-corrected chi connectivity index (χ0v) is 26.2. The molecule has 8 nitrogen and oxygen atoms in total. The molecule has 0 aliphatic heterocycles.